The summed E-state index contributed by atoms with van der Waals surface area (Å²) in [5.41, 5.74) is 0. The first-order chi connectivity index (χ1) is 7.83. The molecule has 1 aromatic heterocycles. The van der Waals surface area contributed by atoms with E-state index in [4.69, 9.17) is 4.74 Å². The predicted octanol–water partition coefficient (Wildman–Crippen LogP) is 1.01. The van der Waals surface area contributed by atoms with E-state index in [2.05, 4.69) is 10.3 Å². The molecule has 1 amide bonds. The quantitative estimate of drug-likeness (QED) is 0.810. The molecule has 16 heavy (non-hydrogen) atoms. The number of carbonyl (C=O) groups excluding carboxylic acids is 1. The summed E-state index contributed by atoms with van der Waals surface area (Å²) in [6.07, 6.45) is 8.99. The van der Waals surface area contributed by atoms with E-state index in [9.17, 15) is 4.79 Å². The monoisotopic (exact) mass is 221 g/mol. The molecule has 2 aliphatic rings. The SMILES string of the molecule is O=C(NCC1CC2CCC1O2)n1ccnc1. The van der Waals surface area contributed by atoms with Gasteiger partial charge in [-0.1, -0.05) is 0 Å². The van der Waals surface area contributed by atoms with E-state index in [1.165, 1.54) is 17.3 Å². The van der Waals surface area contributed by atoms with E-state index in [0.29, 0.717) is 24.7 Å². The molecule has 0 aromatic carbocycles. The zero-order valence-corrected chi connectivity index (χ0v) is 9.00. The predicted molar refractivity (Wildman–Crippen MR) is 57.0 cm³/mol. The van der Waals surface area contributed by atoms with Crippen LogP contribution in [0, 0.1) is 5.92 Å². The smallest absolute Gasteiger partial charge is 0.326 e. The highest BCUT2D eigenvalue weighted by Gasteiger charge is 2.40. The van der Waals surface area contributed by atoms with Gasteiger partial charge >= 0.3 is 6.03 Å². The lowest BCUT2D eigenvalue weighted by atomic mass is 9.89. The second-order valence-electron chi connectivity index (χ2n) is 4.53. The second-order valence-corrected chi connectivity index (χ2v) is 4.53. The fourth-order valence-corrected chi connectivity index (χ4v) is 2.65. The van der Waals surface area contributed by atoms with Crippen molar-refractivity contribution in [1.29, 1.82) is 0 Å². The summed E-state index contributed by atoms with van der Waals surface area (Å²) in [5.74, 6) is 0.492. The van der Waals surface area contributed by atoms with E-state index in [0.717, 1.165) is 12.8 Å². The number of fused-ring (bicyclic) bond motifs is 2. The normalized spacial score (nSPS) is 31.9. The minimum atomic E-state index is -0.111. The van der Waals surface area contributed by atoms with Crippen LogP contribution in [-0.2, 0) is 4.74 Å². The molecule has 0 aliphatic carbocycles. The third-order valence-corrected chi connectivity index (χ3v) is 3.49. The van der Waals surface area contributed by atoms with Crippen molar-refractivity contribution >= 4 is 6.03 Å². The summed E-state index contributed by atoms with van der Waals surface area (Å²) in [4.78, 5) is 15.5. The van der Waals surface area contributed by atoms with Crippen molar-refractivity contribution in [2.75, 3.05) is 6.54 Å². The van der Waals surface area contributed by atoms with Gasteiger partial charge in [-0.05, 0) is 19.3 Å². The highest BCUT2D eigenvalue weighted by Crippen LogP contribution is 2.38. The molecule has 2 aliphatic heterocycles. The van der Waals surface area contributed by atoms with Gasteiger partial charge in [0, 0.05) is 24.9 Å². The summed E-state index contributed by atoms with van der Waals surface area (Å²) in [6, 6.07) is -0.111. The molecule has 0 saturated carbocycles. The van der Waals surface area contributed by atoms with Crippen LogP contribution in [0.1, 0.15) is 19.3 Å². The van der Waals surface area contributed by atoms with Crippen LogP contribution in [0.3, 0.4) is 0 Å². The largest absolute Gasteiger partial charge is 0.375 e. The maximum Gasteiger partial charge on any atom is 0.326 e. The van der Waals surface area contributed by atoms with E-state index in [-0.39, 0.29) is 6.03 Å². The molecule has 3 atom stereocenters. The Hall–Kier alpha value is -1.36. The number of imidazole rings is 1. The van der Waals surface area contributed by atoms with Crippen LogP contribution in [0.4, 0.5) is 4.79 Å². The number of amides is 1. The number of hydrogen-bond donors (Lipinski definition) is 1. The van der Waals surface area contributed by atoms with Crippen molar-refractivity contribution in [3.05, 3.63) is 18.7 Å². The summed E-state index contributed by atoms with van der Waals surface area (Å²) < 4.78 is 7.19. The Morgan fingerprint density at radius 3 is 3.12 bits per heavy atom. The van der Waals surface area contributed by atoms with Gasteiger partial charge in [-0.2, -0.15) is 0 Å². The molecule has 5 heteroatoms. The molecule has 3 unspecified atom stereocenters. The van der Waals surface area contributed by atoms with Crippen LogP contribution < -0.4 is 5.32 Å². The van der Waals surface area contributed by atoms with Gasteiger partial charge in [-0.3, -0.25) is 4.57 Å². The number of carbonyl (C=O) groups is 1. The van der Waals surface area contributed by atoms with E-state index < -0.39 is 0 Å². The van der Waals surface area contributed by atoms with Gasteiger partial charge in [0.1, 0.15) is 6.33 Å². The van der Waals surface area contributed by atoms with Gasteiger partial charge < -0.3 is 10.1 Å². The Balaban J connectivity index is 1.52. The van der Waals surface area contributed by atoms with Crippen LogP contribution in [-0.4, -0.2) is 34.3 Å². The maximum absolute atomic E-state index is 11.6. The van der Waals surface area contributed by atoms with Gasteiger partial charge in [0.15, 0.2) is 0 Å². The molecule has 0 spiro atoms. The molecular weight excluding hydrogens is 206 g/mol. The highest BCUT2D eigenvalue weighted by molar-refractivity contribution is 5.76. The standard InChI is InChI=1S/C11H15N3O2/c15-11(14-4-3-12-7-14)13-6-8-5-9-1-2-10(8)16-9/h3-4,7-10H,1-2,5-6H2,(H,13,15). The first kappa shape index (κ1) is 9.84. The fourth-order valence-electron chi connectivity index (χ4n) is 2.65. The third kappa shape index (κ3) is 1.71. The van der Waals surface area contributed by atoms with Crippen molar-refractivity contribution in [3.63, 3.8) is 0 Å². The average Bonchev–Trinajstić information content (AvgIpc) is 3.01. The number of nitrogens with zero attached hydrogens (tertiary/aromatic N) is 2. The number of aromatic nitrogens is 2. The third-order valence-electron chi connectivity index (χ3n) is 3.49. The average molecular weight is 221 g/mol. The number of hydrogen-bond acceptors (Lipinski definition) is 3. The molecule has 2 bridgehead atoms. The lowest BCUT2D eigenvalue weighted by molar-refractivity contribution is 0.0927. The van der Waals surface area contributed by atoms with Crippen LogP contribution in [0.25, 0.3) is 0 Å². The van der Waals surface area contributed by atoms with Gasteiger partial charge in [-0.15, -0.1) is 0 Å². The molecule has 1 aromatic rings. The summed E-state index contributed by atoms with van der Waals surface area (Å²) in [5, 5.41) is 2.92. The van der Waals surface area contributed by atoms with Crippen LogP contribution in [0.15, 0.2) is 18.7 Å². The zero-order chi connectivity index (χ0) is 11.0. The lowest BCUT2D eigenvalue weighted by Crippen LogP contribution is -2.35. The first-order valence-electron chi connectivity index (χ1n) is 5.74. The van der Waals surface area contributed by atoms with Gasteiger partial charge in [0.2, 0.25) is 0 Å². The highest BCUT2D eigenvalue weighted by atomic mass is 16.5. The van der Waals surface area contributed by atoms with Crippen molar-refractivity contribution in [2.45, 2.75) is 31.5 Å². The van der Waals surface area contributed by atoms with Gasteiger partial charge in [0.25, 0.3) is 0 Å². The molecule has 3 rings (SSSR count). The Bertz CT molecular complexity index is 377. The van der Waals surface area contributed by atoms with Crippen molar-refractivity contribution in [3.8, 4) is 0 Å². The van der Waals surface area contributed by atoms with Crippen LogP contribution in [0.2, 0.25) is 0 Å². The molecule has 86 valence electrons. The molecule has 0 radical (unpaired) electrons. The number of nitrogens with one attached hydrogen (secondary N) is 1. The maximum atomic E-state index is 11.6. The molecule has 3 heterocycles. The zero-order valence-electron chi connectivity index (χ0n) is 9.00. The van der Waals surface area contributed by atoms with Crippen molar-refractivity contribution < 1.29 is 9.53 Å². The van der Waals surface area contributed by atoms with E-state index >= 15 is 0 Å². The van der Waals surface area contributed by atoms with Crippen molar-refractivity contribution in [2.24, 2.45) is 5.92 Å². The second kappa shape index (κ2) is 3.90. The number of ether oxygens (including phenoxy) is 1. The van der Waals surface area contributed by atoms with E-state index in [1.54, 1.807) is 12.4 Å². The summed E-state index contributed by atoms with van der Waals surface area (Å²) >= 11 is 0. The van der Waals surface area contributed by atoms with Crippen molar-refractivity contribution in [1.82, 2.24) is 14.9 Å². The summed E-state index contributed by atoms with van der Waals surface area (Å²) in [7, 11) is 0. The topological polar surface area (TPSA) is 56.1 Å². The molecular formula is C11H15N3O2. The van der Waals surface area contributed by atoms with Crippen LogP contribution in [0.5, 0.6) is 0 Å². The Morgan fingerprint density at radius 2 is 2.50 bits per heavy atom. The van der Waals surface area contributed by atoms with Gasteiger partial charge in [0.05, 0.1) is 12.2 Å². The van der Waals surface area contributed by atoms with E-state index in [1.807, 2.05) is 0 Å². The number of rotatable bonds is 2. The summed E-state index contributed by atoms with van der Waals surface area (Å²) in [6.45, 7) is 0.707. The molecule has 5 nitrogen and oxygen atoms in total. The van der Waals surface area contributed by atoms with Crippen LogP contribution >= 0.6 is 0 Å². The first-order valence-corrected chi connectivity index (χ1v) is 5.74. The lowest BCUT2D eigenvalue weighted by Gasteiger charge is -2.18. The van der Waals surface area contributed by atoms with Gasteiger partial charge in [-0.25, -0.2) is 9.78 Å². The fraction of sp³-hybridized carbons (Fsp3) is 0.636. The Kier molecular flexibility index (Phi) is 2.40. The minimum Gasteiger partial charge on any atom is -0.375 e. The Labute approximate surface area is 93.8 Å². The Morgan fingerprint density at radius 1 is 1.56 bits per heavy atom. The minimum absolute atomic E-state index is 0.111. The molecule has 2 saturated heterocycles. The molecule has 2 fully saturated rings. The molecule has 1 N–H and O–H groups in total.